The minimum atomic E-state index is -0.584. The lowest BCUT2D eigenvalue weighted by Gasteiger charge is -2.08. The number of ether oxygens (including phenoxy) is 2. The molecular weight excluding hydrogens is 272 g/mol. The Labute approximate surface area is 115 Å². The number of para-hydroxylation sites is 1. The molecule has 1 aromatic rings. The molecule has 0 saturated carbocycles. The van der Waals surface area contributed by atoms with Crippen LogP contribution in [0.3, 0.4) is 0 Å². The molecule has 0 bridgehead atoms. The molecule has 0 N–H and O–H groups in total. The average Bonchev–Trinajstić information content (AvgIpc) is 2.38. The van der Waals surface area contributed by atoms with Crippen LogP contribution in [-0.2, 0) is 14.3 Å². The zero-order valence-electron chi connectivity index (χ0n) is 10.3. The van der Waals surface area contributed by atoms with Crippen molar-refractivity contribution in [2.75, 3.05) is 7.11 Å². The fourth-order valence-corrected chi connectivity index (χ4v) is 1.51. The van der Waals surface area contributed by atoms with E-state index in [4.69, 9.17) is 16.3 Å². The number of esters is 2. The van der Waals surface area contributed by atoms with Gasteiger partial charge in [0.1, 0.15) is 11.3 Å². The lowest BCUT2D eigenvalue weighted by atomic mass is 10.2. The van der Waals surface area contributed by atoms with Crippen LogP contribution in [0.1, 0.15) is 29.6 Å². The van der Waals surface area contributed by atoms with E-state index in [-0.39, 0.29) is 24.2 Å². The Morgan fingerprint density at radius 2 is 1.84 bits per heavy atom. The second kappa shape index (κ2) is 7.53. The molecule has 6 heteroatoms. The fourth-order valence-electron chi connectivity index (χ4n) is 1.38. The van der Waals surface area contributed by atoms with Crippen molar-refractivity contribution in [1.82, 2.24) is 0 Å². The first-order chi connectivity index (χ1) is 9.04. The molecule has 0 unspecified atom stereocenters. The summed E-state index contributed by atoms with van der Waals surface area (Å²) in [6.45, 7) is 0. The van der Waals surface area contributed by atoms with Gasteiger partial charge >= 0.3 is 11.9 Å². The minimum Gasteiger partial charge on any atom is -0.465 e. The Hall–Kier alpha value is -1.88. The summed E-state index contributed by atoms with van der Waals surface area (Å²) in [5, 5.41) is -0.497. The molecule has 0 aliphatic carbocycles. The van der Waals surface area contributed by atoms with E-state index in [2.05, 4.69) is 4.74 Å². The van der Waals surface area contributed by atoms with Crippen molar-refractivity contribution in [1.29, 1.82) is 0 Å². The van der Waals surface area contributed by atoms with Crippen LogP contribution >= 0.6 is 11.6 Å². The zero-order chi connectivity index (χ0) is 14.3. The Balaban J connectivity index is 2.64. The average molecular weight is 285 g/mol. The van der Waals surface area contributed by atoms with Crippen molar-refractivity contribution >= 4 is 28.8 Å². The standard InChI is InChI=1S/C13H13ClO5/c1-18-13(17)9-5-2-3-6-10(9)19-12(16)8-4-7-11(14)15/h2-3,5-6H,4,7-8H2,1H3. The maximum absolute atomic E-state index is 11.5. The Kier molecular flexibility index (Phi) is 6.02. The summed E-state index contributed by atoms with van der Waals surface area (Å²) >= 11 is 5.15. The quantitative estimate of drug-likeness (QED) is 0.455. The summed E-state index contributed by atoms with van der Waals surface area (Å²) in [5.41, 5.74) is 0.173. The van der Waals surface area contributed by atoms with Gasteiger partial charge in [-0.1, -0.05) is 12.1 Å². The highest BCUT2D eigenvalue weighted by molar-refractivity contribution is 6.63. The summed E-state index contributed by atoms with van der Waals surface area (Å²) in [6, 6.07) is 6.26. The third-order valence-electron chi connectivity index (χ3n) is 2.27. The van der Waals surface area contributed by atoms with Crippen molar-refractivity contribution < 1.29 is 23.9 Å². The van der Waals surface area contributed by atoms with Crippen LogP contribution in [-0.4, -0.2) is 24.3 Å². The zero-order valence-corrected chi connectivity index (χ0v) is 11.1. The second-order valence-electron chi connectivity index (χ2n) is 3.67. The van der Waals surface area contributed by atoms with E-state index in [1.807, 2.05) is 0 Å². The number of methoxy groups -OCH3 is 1. The molecule has 1 rings (SSSR count). The third kappa shape index (κ3) is 5.09. The predicted molar refractivity (Wildman–Crippen MR) is 68.1 cm³/mol. The van der Waals surface area contributed by atoms with Crippen molar-refractivity contribution in [3.8, 4) is 5.75 Å². The molecular formula is C13H13ClO5. The number of hydrogen-bond acceptors (Lipinski definition) is 5. The second-order valence-corrected chi connectivity index (χ2v) is 4.09. The van der Waals surface area contributed by atoms with Crippen LogP contribution in [0.5, 0.6) is 5.75 Å². The van der Waals surface area contributed by atoms with Crippen LogP contribution < -0.4 is 4.74 Å². The molecule has 0 heterocycles. The van der Waals surface area contributed by atoms with Gasteiger partial charge in [0.2, 0.25) is 5.24 Å². The van der Waals surface area contributed by atoms with Gasteiger partial charge in [-0.25, -0.2) is 4.79 Å². The van der Waals surface area contributed by atoms with Gasteiger partial charge in [0, 0.05) is 12.8 Å². The number of benzene rings is 1. The maximum Gasteiger partial charge on any atom is 0.341 e. The van der Waals surface area contributed by atoms with Crippen LogP contribution in [0.15, 0.2) is 24.3 Å². The Bertz CT molecular complexity index is 484. The fraction of sp³-hybridized carbons (Fsp3) is 0.308. The molecule has 19 heavy (non-hydrogen) atoms. The number of hydrogen-bond donors (Lipinski definition) is 0. The number of rotatable bonds is 6. The first-order valence-corrected chi connectivity index (χ1v) is 5.98. The van der Waals surface area contributed by atoms with Crippen LogP contribution in [0, 0.1) is 0 Å². The molecule has 0 aliphatic rings. The lowest BCUT2D eigenvalue weighted by molar-refractivity contribution is -0.134. The van der Waals surface area contributed by atoms with E-state index < -0.39 is 17.2 Å². The van der Waals surface area contributed by atoms with E-state index in [0.717, 1.165) is 0 Å². The van der Waals surface area contributed by atoms with Crippen molar-refractivity contribution in [3.63, 3.8) is 0 Å². The van der Waals surface area contributed by atoms with Gasteiger partial charge in [0.05, 0.1) is 7.11 Å². The van der Waals surface area contributed by atoms with E-state index in [1.165, 1.54) is 19.2 Å². The molecule has 0 radical (unpaired) electrons. The summed E-state index contributed by atoms with van der Waals surface area (Å²) in [7, 11) is 1.24. The number of carbonyl (C=O) groups excluding carboxylic acids is 3. The largest absolute Gasteiger partial charge is 0.465 e. The first-order valence-electron chi connectivity index (χ1n) is 5.61. The minimum absolute atomic E-state index is 0.0496. The van der Waals surface area contributed by atoms with Gasteiger partial charge in [-0.3, -0.25) is 9.59 Å². The highest BCUT2D eigenvalue weighted by atomic mass is 35.5. The van der Waals surface area contributed by atoms with E-state index in [9.17, 15) is 14.4 Å². The topological polar surface area (TPSA) is 69.7 Å². The van der Waals surface area contributed by atoms with E-state index >= 15 is 0 Å². The molecule has 5 nitrogen and oxygen atoms in total. The molecule has 0 aromatic heterocycles. The summed E-state index contributed by atoms with van der Waals surface area (Å²) in [5.74, 6) is -0.981. The maximum atomic E-state index is 11.5. The van der Waals surface area contributed by atoms with Crippen LogP contribution in [0.4, 0.5) is 0 Å². The SMILES string of the molecule is COC(=O)c1ccccc1OC(=O)CCCC(=O)Cl. The van der Waals surface area contributed by atoms with Gasteiger partial charge in [-0.15, -0.1) is 0 Å². The van der Waals surface area contributed by atoms with Crippen molar-refractivity contribution in [3.05, 3.63) is 29.8 Å². The van der Waals surface area contributed by atoms with Crippen LogP contribution in [0.2, 0.25) is 0 Å². The molecule has 0 atom stereocenters. The summed E-state index contributed by atoms with van der Waals surface area (Å²) < 4.78 is 9.63. The van der Waals surface area contributed by atoms with Crippen LogP contribution in [0.25, 0.3) is 0 Å². The van der Waals surface area contributed by atoms with Gasteiger partial charge in [0.25, 0.3) is 0 Å². The van der Waals surface area contributed by atoms with Gasteiger partial charge in [-0.05, 0) is 30.2 Å². The highest BCUT2D eigenvalue weighted by Crippen LogP contribution is 2.19. The van der Waals surface area contributed by atoms with Crippen molar-refractivity contribution in [2.45, 2.75) is 19.3 Å². The Morgan fingerprint density at radius 1 is 1.16 bits per heavy atom. The normalized spacial score (nSPS) is 9.79. The highest BCUT2D eigenvalue weighted by Gasteiger charge is 2.15. The summed E-state index contributed by atoms with van der Waals surface area (Å²) in [6.07, 6.45) is 0.463. The Morgan fingerprint density at radius 3 is 2.47 bits per heavy atom. The molecule has 0 spiro atoms. The third-order valence-corrected chi connectivity index (χ3v) is 2.46. The molecule has 1 aromatic carbocycles. The smallest absolute Gasteiger partial charge is 0.341 e. The molecule has 0 aliphatic heterocycles. The van der Waals surface area contributed by atoms with Gasteiger partial charge in [-0.2, -0.15) is 0 Å². The van der Waals surface area contributed by atoms with Gasteiger partial charge < -0.3 is 9.47 Å². The number of carbonyl (C=O) groups is 3. The van der Waals surface area contributed by atoms with E-state index in [1.54, 1.807) is 12.1 Å². The predicted octanol–water partition coefficient (Wildman–Crippen LogP) is 2.31. The summed E-state index contributed by atoms with van der Waals surface area (Å²) in [4.78, 5) is 33.5. The van der Waals surface area contributed by atoms with E-state index in [0.29, 0.717) is 6.42 Å². The monoisotopic (exact) mass is 284 g/mol. The first kappa shape index (κ1) is 15.2. The lowest BCUT2D eigenvalue weighted by Crippen LogP contribution is -2.12. The molecule has 0 fully saturated rings. The molecule has 0 saturated heterocycles. The molecule has 0 amide bonds. The molecule has 102 valence electrons. The van der Waals surface area contributed by atoms with Crippen molar-refractivity contribution in [2.24, 2.45) is 0 Å². The van der Waals surface area contributed by atoms with Gasteiger partial charge in [0.15, 0.2) is 0 Å². The number of halogens is 1.